The van der Waals surface area contributed by atoms with Crippen molar-refractivity contribution in [1.29, 1.82) is 0 Å². The van der Waals surface area contributed by atoms with Crippen LogP contribution in [0, 0.1) is 5.92 Å². The highest BCUT2D eigenvalue weighted by Crippen LogP contribution is 2.40. The van der Waals surface area contributed by atoms with E-state index in [2.05, 4.69) is 9.80 Å². The molecule has 1 amide bonds. The molecule has 1 unspecified atom stereocenters. The molecule has 1 aromatic heterocycles. The third-order valence-corrected chi connectivity index (χ3v) is 12.6. The molecule has 16 heteroatoms. The average Bonchev–Trinajstić information content (AvgIpc) is 3.45. The summed E-state index contributed by atoms with van der Waals surface area (Å²) in [5.41, 5.74) is 1.63. The predicted molar refractivity (Wildman–Crippen MR) is 185 cm³/mol. The van der Waals surface area contributed by atoms with Crippen LogP contribution in [0.4, 0.5) is 13.2 Å². The lowest BCUT2D eigenvalue weighted by molar-refractivity contribution is -0.140. The van der Waals surface area contributed by atoms with Gasteiger partial charge in [-0.2, -0.15) is 22.6 Å². The number of β-amino-alcohol motifs (C(OH)–C–C–N with tert-alkyl or cyclic N) is 1. The lowest BCUT2D eigenvalue weighted by atomic mass is 9.94. The molecular weight excluding hydrogens is 694 g/mol. The van der Waals surface area contributed by atoms with Gasteiger partial charge >= 0.3 is 6.18 Å². The largest absolute Gasteiger partial charge is 0.417 e. The molecule has 278 valence electrons. The minimum Gasteiger partial charge on any atom is -0.390 e. The van der Waals surface area contributed by atoms with Crippen LogP contribution in [0.5, 0.6) is 0 Å². The first-order chi connectivity index (χ1) is 23.9. The fourth-order valence-electron chi connectivity index (χ4n) is 7.56. The van der Waals surface area contributed by atoms with E-state index in [-0.39, 0.29) is 36.4 Å². The highest BCUT2D eigenvalue weighted by Gasteiger charge is 2.36. The average molecular weight is 743 g/mol. The molecule has 3 saturated heterocycles. The van der Waals surface area contributed by atoms with E-state index in [1.165, 1.54) is 22.9 Å². The Bertz CT molecular complexity index is 1590. The zero-order valence-electron chi connectivity index (χ0n) is 28.7. The standard InChI is InChI=1S/C34H49F3N6O5S2/c1-50(46,47)42-14-9-30-28(24-42)32(26-5-6-29(34(35,36)37)31(21-26)49-20-17-39-15-18-48-19-16-39)38-43(30)23-27(44)22-40-12-7-25(8-13-40)33(45)41-10-3-2-4-11-41/h5-6,21,25,27,44H,2-4,7-20,22-24H2,1H3. The molecule has 3 fully saturated rings. The highest BCUT2D eigenvalue weighted by molar-refractivity contribution is 7.99. The molecule has 5 heterocycles. The number of halogens is 3. The molecule has 1 N–H and O–H groups in total. The van der Waals surface area contributed by atoms with E-state index in [0.717, 1.165) is 81.6 Å². The first-order valence-electron chi connectivity index (χ1n) is 17.7. The minimum absolute atomic E-state index is 0.0196. The van der Waals surface area contributed by atoms with Crippen molar-refractivity contribution in [2.75, 3.05) is 84.1 Å². The number of carbonyl (C=O) groups excluding carboxylic acids is 1. The molecule has 1 aromatic carbocycles. The van der Waals surface area contributed by atoms with Gasteiger partial charge in [0.15, 0.2) is 0 Å². The van der Waals surface area contributed by atoms with Crippen molar-refractivity contribution in [1.82, 2.24) is 28.8 Å². The Kier molecular flexibility index (Phi) is 12.2. The molecule has 1 atom stereocenters. The van der Waals surface area contributed by atoms with Gasteiger partial charge in [-0.25, -0.2) is 8.42 Å². The molecule has 11 nitrogen and oxygen atoms in total. The van der Waals surface area contributed by atoms with Gasteiger partial charge in [0.1, 0.15) is 0 Å². The molecule has 50 heavy (non-hydrogen) atoms. The third-order valence-electron chi connectivity index (χ3n) is 10.4. The number of thioether (sulfide) groups is 1. The molecule has 2 aromatic rings. The van der Waals surface area contributed by atoms with Crippen LogP contribution in [-0.4, -0.2) is 138 Å². The van der Waals surface area contributed by atoms with Crippen molar-refractivity contribution in [2.24, 2.45) is 5.92 Å². The van der Waals surface area contributed by atoms with Gasteiger partial charge in [-0.05, 0) is 57.3 Å². The Balaban J connectivity index is 1.18. The Morgan fingerprint density at radius 2 is 1.74 bits per heavy atom. The van der Waals surface area contributed by atoms with Gasteiger partial charge in [-0.3, -0.25) is 14.4 Å². The lowest BCUT2D eigenvalue weighted by Gasteiger charge is -2.36. The smallest absolute Gasteiger partial charge is 0.390 e. The van der Waals surface area contributed by atoms with Gasteiger partial charge in [0.25, 0.3) is 0 Å². The fourth-order valence-corrected chi connectivity index (χ4v) is 9.46. The summed E-state index contributed by atoms with van der Waals surface area (Å²) in [5.74, 6) is 0.744. The third kappa shape index (κ3) is 9.22. The van der Waals surface area contributed by atoms with Crippen LogP contribution >= 0.6 is 11.8 Å². The van der Waals surface area contributed by atoms with E-state index in [0.29, 0.717) is 68.4 Å². The SMILES string of the molecule is CS(=O)(=O)N1CCc2c(c(-c3ccc(C(F)(F)F)c(SCCN4CCOCC4)c3)nn2CC(O)CN2CCC(C(=O)N3CCCCC3)CC2)C1. The summed E-state index contributed by atoms with van der Waals surface area (Å²) in [6.07, 6.45) is 1.02. The van der Waals surface area contributed by atoms with Crippen molar-refractivity contribution < 1.29 is 36.2 Å². The number of rotatable bonds is 11. The van der Waals surface area contributed by atoms with Crippen LogP contribution in [0.15, 0.2) is 23.1 Å². The number of hydrogen-bond donors (Lipinski definition) is 1. The van der Waals surface area contributed by atoms with Crippen molar-refractivity contribution in [3.8, 4) is 11.3 Å². The number of likely N-dealkylation sites (tertiary alicyclic amines) is 2. The van der Waals surface area contributed by atoms with Gasteiger partial charge < -0.3 is 19.6 Å². The van der Waals surface area contributed by atoms with E-state index < -0.39 is 27.9 Å². The topological polar surface area (TPSA) is 111 Å². The summed E-state index contributed by atoms with van der Waals surface area (Å²) in [6.45, 7) is 7.32. The van der Waals surface area contributed by atoms with E-state index in [9.17, 15) is 31.5 Å². The lowest BCUT2D eigenvalue weighted by Crippen LogP contribution is -2.46. The van der Waals surface area contributed by atoms with Gasteiger partial charge in [-0.1, -0.05) is 6.07 Å². The summed E-state index contributed by atoms with van der Waals surface area (Å²) in [5, 5.41) is 16.1. The molecule has 0 aliphatic carbocycles. The summed E-state index contributed by atoms with van der Waals surface area (Å²) in [4.78, 5) is 19.5. The fraction of sp³-hybridized carbons (Fsp3) is 0.706. The van der Waals surface area contributed by atoms with E-state index in [1.54, 1.807) is 4.68 Å². The number of fused-ring (bicyclic) bond motifs is 1. The number of amides is 1. The Morgan fingerprint density at radius 3 is 2.42 bits per heavy atom. The van der Waals surface area contributed by atoms with E-state index in [1.807, 2.05) is 4.90 Å². The van der Waals surface area contributed by atoms with E-state index >= 15 is 0 Å². The van der Waals surface area contributed by atoms with Crippen LogP contribution in [0.1, 0.15) is 48.9 Å². The number of piperidine rings is 2. The Hall–Kier alpha value is -2.21. The van der Waals surface area contributed by atoms with Crippen molar-refractivity contribution >= 4 is 27.7 Å². The molecule has 4 aliphatic heterocycles. The maximum absolute atomic E-state index is 14.1. The quantitative estimate of drug-likeness (QED) is 0.347. The maximum Gasteiger partial charge on any atom is 0.417 e. The number of nitrogens with zero attached hydrogens (tertiary/aromatic N) is 6. The van der Waals surface area contributed by atoms with Crippen molar-refractivity contribution in [3.05, 3.63) is 35.0 Å². The summed E-state index contributed by atoms with van der Waals surface area (Å²) < 4.78 is 75.9. The first-order valence-corrected chi connectivity index (χ1v) is 20.6. The van der Waals surface area contributed by atoms with Crippen molar-refractivity contribution in [2.45, 2.75) is 68.8 Å². The second-order valence-electron chi connectivity index (χ2n) is 13.9. The zero-order chi connectivity index (χ0) is 35.5. The monoisotopic (exact) mass is 742 g/mol. The predicted octanol–water partition coefficient (Wildman–Crippen LogP) is 3.40. The molecular formula is C34H49F3N6O5S2. The molecule has 0 radical (unpaired) electrons. The van der Waals surface area contributed by atoms with Crippen LogP contribution < -0.4 is 0 Å². The number of aromatic nitrogens is 2. The van der Waals surface area contributed by atoms with Crippen molar-refractivity contribution in [3.63, 3.8) is 0 Å². The number of carbonyl (C=O) groups is 1. The van der Waals surface area contributed by atoms with Gasteiger partial charge in [0.05, 0.1) is 43.4 Å². The number of hydrogen-bond acceptors (Lipinski definition) is 9. The summed E-state index contributed by atoms with van der Waals surface area (Å²) in [7, 11) is -3.53. The summed E-state index contributed by atoms with van der Waals surface area (Å²) in [6, 6.07) is 4.02. The second-order valence-corrected chi connectivity index (χ2v) is 17.0. The molecule has 0 bridgehead atoms. The number of alkyl halides is 3. The van der Waals surface area contributed by atoms with Crippen LogP contribution in [-0.2, 0) is 45.2 Å². The number of benzene rings is 1. The first kappa shape index (κ1) is 37.5. The normalized spacial score (nSPS) is 21.3. The second kappa shape index (κ2) is 16.2. The number of aliphatic hydroxyl groups is 1. The number of morpholine rings is 1. The number of sulfonamides is 1. The molecule has 0 saturated carbocycles. The number of ether oxygens (including phenoxy) is 1. The summed E-state index contributed by atoms with van der Waals surface area (Å²) >= 11 is 1.15. The Labute approximate surface area is 297 Å². The minimum atomic E-state index is -4.54. The van der Waals surface area contributed by atoms with Gasteiger partial charge in [0, 0.05) is 92.2 Å². The van der Waals surface area contributed by atoms with Crippen LogP contribution in [0.2, 0.25) is 0 Å². The zero-order valence-corrected chi connectivity index (χ0v) is 30.4. The molecule has 4 aliphatic rings. The van der Waals surface area contributed by atoms with E-state index in [4.69, 9.17) is 9.84 Å². The Morgan fingerprint density at radius 1 is 1.02 bits per heavy atom. The molecule has 0 spiro atoms. The van der Waals surface area contributed by atoms with Crippen LogP contribution in [0.3, 0.4) is 0 Å². The van der Waals surface area contributed by atoms with Gasteiger partial charge in [0.2, 0.25) is 15.9 Å². The number of aliphatic hydroxyl groups excluding tert-OH is 1. The highest BCUT2D eigenvalue weighted by atomic mass is 32.2. The maximum atomic E-state index is 14.1. The molecule has 6 rings (SSSR count). The van der Waals surface area contributed by atoms with Crippen LogP contribution in [0.25, 0.3) is 11.3 Å². The van der Waals surface area contributed by atoms with Gasteiger partial charge in [-0.15, -0.1) is 11.8 Å².